The normalized spacial score (nSPS) is 13.8. The van der Waals surface area contributed by atoms with Gasteiger partial charge in [0.15, 0.2) is 5.75 Å². The monoisotopic (exact) mass is 334 g/mol. The van der Waals surface area contributed by atoms with Gasteiger partial charge in [-0.25, -0.2) is 0 Å². The number of benzene rings is 2. The number of esters is 1. The average Bonchev–Trinajstić information content (AvgIpc) is 2.83. The largest absolute Gasteiger partial charge is 0.423 e. The second-order valence-electron chi connectivity index (χ2n) is 7.31. The van der Waals surface area contributed by atoms with Crippen LogP contribution >= 0.6 is 0 Å². The summed E-state index contributed by atoms with van der Waals surface area (Å²) >= 11 is 0. The second-order valence-corrected chi connectivity index (χ2v) is 7.31. The molecule has 5 heteroatoms. The molecule has 126 valence electrons. The Labute approximate surface area is 145 Å². The first-order chi connectivity index (χ1) is 11.8. The Balaban J connectivity index is 2.13. The number of pyridine rings is 1. The first-order valence-electron chi connectivity index (χ1n) is 8.14. The van der Waals surface area contributed by atoms with E-state index in [1.807, 2.05) is 24.3 Å². The summed E-state index contributed by atoms with van der Waals surface area (Å²) in [5.74, 6) is -0.0390. The zero-order valence-corrected chi connectivity index (χ0v) is 14.6. The van der Waals surface area contributed by atoms with Crippen LogP contribution in [0.1, 0.15) is 31.1 Å². The average molecular weight is 334 g/mol. The van der Waals surface area contributed by atoms with E-state index < -0.39 is 5.41 Å². The molecular formula is C20H18N2O3. The van der Waals surface area contributed by atoms with Crippen molar-refractivity contribution in [3.05, 3.63) is 42.1 Å². The van der Waals surface area contributed by atoms with E-state index in [0.29, 0.717) is 17.0 Å². The van der Waals surface area contributed by atoms with Crippen molar-refractivity contribution >= 4 is 39.2 Å². The van der Waals surface area contributed by atoms with Crippen molar-refractivity contribution in [3.63, 3.8) is 0 Å². The predicted molar refractivity (Wildman–Crippen MR) is 97.1 cm³/mol. The van der Waals surface area contributed by atoms with Crippen molar-refractivity contribution in [3.8, 4) is 5.75 Å². The number of nitrogens with zero attached hydrogens (tertiary/aromatic N) is 2. The van der Waals surface area contributed by atoms with Crippen molar-refractivity contribution in [1.29, 1.82) is 0 Å². The molecule has 0 unspecified atom stereocenters. The third-order valence-corrected chi connectivity index (χ3v) is 4.51. The van der Waals surface area contributed by atoms with Crippen LogP contribution in [0.4, 0.5) is 5.69 Å². The third kappa shape index (κ3) is 2.12. The minimum atomic E-state index is -0.651. The lowest BCUT2D eigenvalue weighted by molar-refractivity contribution is -0.142. The van der Waals surface area contributed by atoms with Crippen molar-refractivity contribution in [1.82, 2.24) is 4.98 Å². The highest BCUT2D eigenvalue weighted by Crippen LogP contribution is 2.48. The number of aromatic nitrogens is 1. The molecule has 0 radical (unpaired) electrons. The summed E-state index contributed by atoms with van der Waals surface area (Å²) in [7, 11) is 1.69. The van der Waals surface area contributed by atoms with Crippen LogP contribution in [0, 0.1) is 5.41 Å². The van der Waals surface area contributed by atoms with Crippen molar-refractivity contribution in [2.45, 2.75) is 20.8 Å². The predicted octanol–water partition coefficient (Wildman–Crippen LogP) is 3.93. The summed E-state index contributed by atoms with van der Waals surface area (Å²) in [6, 6.07) is 9.33. The van der Waals surface area contributed by atoms with Crippen LogP contribution in [0.2, 0.25) is 0 Å². The van der Waals surface area contributed by atoms with Crippen molar-refractivity contribution in [2.75, 3.05) is 11.9 Å². The molecule has 2 heterocycles. The van der Waals surface area contributed by atoms with E-state index in [4.69, 9.17) is 4.74 Å². The number of anilines is 1. The Morgan fingerprint density at radius 3 is 2.48 bits per heavy atom. The van der Waals surface area contributed by atoms with Gasteiger partial charge in [0.2, 0.25) is 0 Å². The van der Waals surface area contributed by atoms with Crippen molar-refractivity contribution in [2.24, 2.45) is 5.41 Å². The van der Waals surface area contributed by atoms with Crippen LogP contribution < -0.4 is 9.64 Å². The fourth-order valence-electron chi connectivity index (χ4n) is 3.16. The maximum absolute atomic E-state index is 12.6. The van der Waals surface area contributed by atoms with E-state index in [1.165, 1.54) is 4.90 Å². The Hall–Kier alpha value is -2.95. The molecule has 0 N–H and O–H groups in total. The highest BCUT2D eigenvalue weighted by Gasteiger charge is 2.35. The lowest BCUT2D eigenvalue weighted by Gasteiger charge is -2.21. The Morgan fingerprint density at radius 2 is 1.80 bits per heavy atom. The first kappa shape index (κ1) is 15.6. The Bertz CT molecular complexity index is 1060. The molecule has 0 atom stereocenters. The van der Waals surface area contributed by atoms with Gasteiger partial charge in [0.1, 0.15) is 0 Å². The van der Waals surface area contributed by atoms with Gasteiger partial charge in [-0.15, -0.1) is 0 Å². The highest BCUT2D eigenvalue weighted by molar-refractivity contribution is 6.30. The van der Waals surface area contributed by atoms with E-state index in [0.717, 1.165) is 21.7 Å². The van der Waals surface area contributed by atoms with Crippen LogP contribution in [0.3, 0.4) is 0 Å². The summed E-state index contributed by atoms with van der Waals surface area (Å²) in [5, 5.41) is 2.38. The zero-order valence-electron chi connectivity index (χ0n) is 14.6. The number of hydrogen-bond acceptors (Lipinski definition) is 4. The minimum Gasteiger partial charge on any atom is -0.423 e. The third-order valence-electron chi connectivity index (χ3n) is 4.51. The van der Waals surface area contributed by atoms with Gasteiger partial charge >= 0.3 is 5.97 Å². The topological polar surface area (TPSA) is 59.5 Å². The van der Waals surface area contributed by atoms with Crippen molar-refractivity contribution < 1.29 is 14.3 Å². The highest BCUT2D eigenvalue weighted by atomic mass is 16.5. The van der Waals surface area contributed by atoms with E-state index in [-0.39, 0.29) is 11.9 Å². The van der Waals surface area contributed by atoms with Gasteiger partial charge in [-0.3, -0.25) is 14.6 Å². The summed E-state index contributed by atoms with van der Waals surface area (Å²) in [4.78, 5) is 31.2. The molecule has 0 saturated heterocycles. The summed E-state index contributed by atoms with van der Waals surface area (Å²) in [6.07, 6.45) is 1.64. The zero-order chi connectivity index (χ0) is 17.9. The number of carbonyl (C=O) groups excluding carboxylic acids is 2. The smallest absolute Gasteiger partial charge is 0.316 e. The number of carbonyl (C=O) groups is 2. The molecule has 1 aliphatic rings. The standard InChI is InChI=1S/C20H18N2O3/c1-20(2,3)19(24)25-17-12-8-6-5-7-11(12)15-14-13(9-10-21-15)18(23)22(4)16(14)17/h5-10H,1-4H3. The summed E-state index contributed by atoms with van der Waals surface area (Å²) in [6.45, 7) is 5.42. The van der Waals surface area contributed by atoms with E-state index in [2.05, 4.69) is 4.98 Å². The number of ether oxygens (including phenoxy) is 1. The minimum absolute atomic E-state index is 0.120. The Kier molecular flexibility index (Phi) is 3.13. The lowest BCUT2D eigenvalue weighted by atomic mass is 9.97. The van der Waals surface area contributed by atoms with Crippen LogP contribution in [0.15, 0.2) is 36.5 Å². The lowest BCUT2D eigenvalue weighted by Crippen LogP contribution is -2.27. The van der Waals surface area contributed by atoms with Crippen LogP contribution in [0.25, 0.3) is 21.7 Å². The van der Waals surface area contributed by atoms with Crippen LogP contribution in [0.5, 0.6) is 5.75 Å². The SMILES string of the molecule is CN1C(=O)c2ccnc3c2c1c(OC(=O)C(C)(C)C)c1ccccc13. The number of amides is 1. The molecule has 3 aromatic rings. The summed E-state index contributed by atoms with van der Waals surface area (Å²) in [5.41, 5.74) is 1.29. The molecule has 1 aliphatic heterocycles. The maximum Gasteiger partial charge on any atom is 0.316 e. The molecule has 1 aromatic heterocycles. The van der Waals surface area contributed by atoms with E-state index in [1.54, 1.807) is 40.1 Å². The number of rotatable bonds is 1. The molecule has 1 amide bonds. The van der Waals surface area contributed by atoms with Crippen LogP contribution in [-0.2, 0) is 4.79 Å². The molecule has 0 bridgehead atoms. The van der Waals surface area contributed by atoms with Gasteiger partial charge in [0, 0.05) is 29.4 Å². The molecule has 0 spiro atoms. The maximum atomic E-state index is 12.6. The molecule has 5 nitrogen and oxygen atoms in total. The molecular weight excluding hydrogens is 316 g/mol. The molecule has 0 aliphatic carbocycles. The fraction of sp³-hybridized carbons (Fsp3) is 0.250. The first-order valence-corrected chi connectivity index (χ1v) is 8.14. The van der Waals surface area contributed by atoms with Gasteiger partial charge in [-0.2, -0.15) is 0 Å². The molecule has 0 saturated carbocycles. The van der Waals surface area contributed by atoms with E-state index >= 15 is 0 Å². The molecule has 4 rings (SSSR count). The molecule has 0 fully saturated rings. The number of fused-ring (bicyclic) bond motifs is 2. The second kappa shape index (κ2) is 5.02. The molecule has 25 heavy (non-hydrogen) atoms. The molecule has 2 aromatic carbocycles. The van der Waals surface area contributed by atoms with E-state index in [9.17, 15) is 9.59 Å². The van der Waals surface area contributed by atoms with Gasteiger partial charge < -0.3 is 9.64 Å². The summed E-state index contributed by atoms with van der Waals surface area (Å²) < 4.78 is 5.81. The van der Waals surface area contributed by atoms with Gasteiger partial charge in [0.05, 0.1) is 22.2 Å². The fourth-order valence-corrected chi connectivity index (χ4v) is 3.16. The van der Waals surface area contributed by atoms with Gasteiger partial charge in [0.25, 0.3) is 5.91 Å². The van der Waals surface area contributed by atoms with Gasteiger partial charge in [-0.05, 0) is 26.8 Å². The Morgan fingerprint density at radius 1 is 1.12 bits per heavy atom. The quantitative estimate of drug-likeness (QED) is 0.384. The van der Waals surface area contributed by atoms with Crippen LogP contribution in [-0.4, -0.2) is 23.9 Å². The number of hydrogen-bond donors (Lipinski definition) is 0. The van der Waals surface area contributed by atoms with Gasteiger partial charge in [-0.1, -0.05) is 24.3 Å².